The molecule has 0 aliphatic carbocycles. The number of fused-ring (bicyclic) bond motifs is 1. The molecule has 12 heavy (non-hydrogen) atoms. The number of hydrogen-bond donors (Lipinski definition) is 0. The van der Waals surface area contributed by atoms with Gasteiger partial charge >= 0.3 is 0 Å². The van der Waals surface area contributed by atoms with Crippen molar-refractivity contribution in [3.63, 3.8) is 0 Å². The van der Waals surface area contributed by atoms with Crippen LogP contribution in [-0.4, -0.2) is 4.98 Å². The zero-order valence-electron chi connectivity index (χ0n) is 7.16. The molecule has 1 aromatic heterocycles. The third-order valence-electron chi connectivity index (χ3n) is 1.97. The number of nitrogens with zero attached hydrogens (tertiary/aromatic N) is 1. The average molecular weight is 160 g/mol. The molecule has 2 heteroatoms. The molecular formula is C10H10NO. The molecule has 1 heterocycles. The fraction of sp³-hybridized carbons (Fsp3) is 0.300. The first kappa shape index (κ1) is 7.35. The molecule has 0 saturated heterocycles. The Labute approximate surface area is 71.2 Å². The summed E-state index contributed by atoms with van der Waals surface area (Å²) < 4.78 is 5.02. The SMILES string of the molecule is CC(C)c1ccc2o[c]nc2c1. The van der Waals surface area contributed by atoms with Crippen molar-refractivity contribution >= 4 is 11.1 Å². The first-order chi connectivity index (χ1) is 5.77. The average Bonchev–Trinajstić information content (AvgIpc) is 2.49. The molecule has 2 aromatic rings. The maximum atomic E-state index is 5.02. The van der Waals surface area contributed by atoms with Crippen molar-refractivity contribution in [1.29, 1.82) is 0 Å². The lowest BCUT2D eigenvalue weighted by atomic mass is 10.0. The maximum absolute atomic E-state index is 5.02. The van der Waals surface area contributed by atoms with Crippen LogP contribution >= 0.6 is 0 Å². The monoisotopic (exact) mass is 160 g/mol. The first-order valence-electron chi connectivity index (χ1n) is 4.04. The topological polar surface area (TPSA) is 26.0 Å². The highest BCUT2D eigenvalue weighted by Gasteiger charge is 2.02. The zero-order chi connectivity index (χ0) is 8.55. The summed E-state index contributed by atoms with van der Waals surface area (Å²) in [7, 11) is 0. The Morgan fingerprint density at radius 1 is 1.42 bits per heavy atom. The van der Waals surface area contributed by atoms with Crippen LogP contribution in [0.15, 0.2) is 22.6 Å². The van der Waals surface area contributed by atoms with E-state index in [2.05, 4.69) is 31.3 Å². The molecule has 0 atom stereocenters. The molecule has 2 nitrogen and oxygen atoms in total. The second kappa shape index (κ2) is 2.63. The summed E-state index contributed by atoms with van der Waals surface area (Å²) in [4.78, 5) is 3.97. The van der Waals surface area contributed by atoms with E-state index in [1.165, 1.54) is 5.56 Å². The maximum Gasteiger partial charge on any atom is 0.284 e. The standard InChI is InChI=1S/C10H10NO/c1-7(2)8-3-4-10-9(5-8)11-6-12-10/h3-5,7H,1-2H3. The molecule has 0 saturated carbocycles. The van der Waals surface area contributed by atoms with E-state index in [4.69, 9.17) is 4.42 Å². The molecule has 0 amide bonds. The van der Waals surface area contributed by atoms with Gasteiger partial charge in [0.05, 0.1) is 0 Å². The molecule has 0 spiro atoms. The minimum atomic E-state index is 0.533. The van der Waals surface area contributed by atoms with E-state index in [0.717, 1.165) is 11.1 Å². The third-order valence-corrected chi connectivity index (χ3v) is 1.97. The fourth-order valence-electron chi connectivity index (χ4n) is 1.19. The van der Waals surface area contributed by atoms with E-state index in [-0.39, 0.29) is 0 Å². The van der Waals surface area contributed by atoms with Gasteiger partial charge < -0.3 is 4.42 Å². The van der Waals surface area contributed by atoms with Gasteiger partial charge in [-0.15, -0.1) is 0 Å². The Balaban J connectivity index is 2.60. The summed E-state index contributed by atoms with van der Waals surface area (Å²) in [6.45, 7) is 4.32. The molecule has 1 aromatic carbocycles. The van der Waals surface area contributed by atoms with Crippen molar-refractivity contribution < 1.29 is 4.42 Å². The lowest BCUT2D eigenvalue weighted by Crippen LogP contribution is -1.85. The summed E-state index contributed by atoms with van der Waals surface area (Å²) in [5.74, 6) is 0.533. The second-order valence-electron chi connectivity index (χ2n) is 3.19. The van der Waals surface area contributed by atoms with E-state index in [1.54, 1.807) is 0 Å². The molecule has 0 aliphatic rings. The molecule has 2 rings (SSSR count). The minimum Gasteiger partial charge on any atom is -0.432 e. The van der Waals surface area contributed by atoms with Gasteiger partial charge in [-0.1, -0.05) is 19.9 Å². The Morgan fingerprint density at radius 3 is 3.00 bits per heavy atom. The molecule has 0 bridgehead atoms. The molecular weight excluding hydrogens is 150 g/mol. The lowest BCUT2D eigenvalue weighted by Gasteiger charge is -2.02. The van der Waals surface area contributed by atoms with Gasteiger partial charge in [-0.05, 0) is 23.6 Å². The lowest BCUT2D eigenvalue weighted by molar-refractivity contribution is 0.591. The summed E-state index contributed by atoms with van der Waals surface area (Å²) in [5, 5.41) is 0. The molecule has 0 N–H and O–H groups in total. The van der Waals surface area contributed by atoms with Gasteiger partial charge in [0.1, 0.15) is 5.52 Å². The molecule has 0 aliphatic heterocycles. The summed E-state index contributed by atoms with van der Waals surface area (Å²) in [6, 6.07) is 6.04. The Bertz CT molecular complexity index is 389. The summed E-state index contributed by atoms with van der Waals surface area (Å²) in [6.07, 6.45) is 2.48. The summed E-state index contributed by atoms with van der Waals surface area (Å²) in [5.41, 5.74) is 2.98. The van der Waals surface area contributed by atoms with E-state index in [1.807, 2.05) is 12.1 Å². The van der Waals surface area contributed by atoms with Gasteiger partial charge in [-0.3, -0.25) is 0 Å². The third kappa shape index (κ3) is 1.09. The van der Waals surface area contributed by atoms with Crippen LogP contribution in [0.3, 0.4) is 0 Å². The highest BCUT2D eigenvalue weighted by Crippen LogP contribution is 2.19. The summed E-state index contributed by atoms with van der Waals surface area (Å²) >= 11 is 0. The van der Waals surface area contributed by atoms with E-state index in [9.17, 15) is 0 Å². The predicted octanol–water partition coefficient (Wildman–Crippen LogP) is 2.75. The molecule has 0 fully saturated rings. The van der Waals surface area contributed by atoms with Crippen molar-refractivity contribution in [2.24, 2.45) is 0 Å². The van der Waals surface area contributed by atoms with Gasteiger partial charge in [0.2, 0.25) is 0 Å². The Hall–Kier alpha value is -1.31. The van der Waals surface area contributed by atoms with Crippen LogP contribution in [0.5, 0.6) is 0 Å². The normalized spacial score (nSPS) is 11.2. The highest BCUT2D eigenvalue weighted by molar-refractivity contribution is 5.72. The predicted molar refractivity (Wildman–Crippen MR) is 46.9 cm³/mol. The number of oxazole rings is 1. The van der Waals surface area contributed by atoms with Crippen molar-refractivity contribution in [2.45, 2.75) is 19.8 Å². The van der Waals surface area contributed by atoms with Gasteiger partial charge in [-0.25, -0.2) is 4.98 Å². The largest absolute Gasteiger partial charge is 0.432 e. The zero-order valence-corrected chi connectivity index (χ0v) is 7.16. The second-order valence-corrected chi connectivity index (χ2v) is 3.19. The van der Waals surface area contributed by atoms with Gasteiger partial charge in [0.25, 0.3) is 6.39 Å². The highest BCUT2D eigenvalue weighted by atomic mass is 16.3. The van der Waals surface area contributed by atoms with E-state index < -0.39 is 0 Å². The van der Waals surface area contributed by atoms with Crippen LogP contribution in [0, 0.1) is 6.39 Å². The number of benzene rings is 1. The first-order valence-corrected chi connectivity index (χ1v) is 4.04. The molecule has 0 unspecified atom stereocenters. The Kier molecular flexibility index (Phi) is 1.61. The van der Waals surface area contributed by atoms with Gasteiger partial charge in [0.15, 0.2) is 5.58 Å². The quantitative estimate of drug-likeness (QED) is 0.641. The van der Waals surface area contributed by atoms with Crippen molar-refractivity contribution in [3.05, 3.63) is 30.2 Å². The van der Waals surface area contributed by atoms with Crippen LogP contribution in [0.1, 0.15) is 25.3 Å². The Morgan fingerprint density at radius 2 is 2.25 bits per heavy atom. The number of hydrogen-bond acceptors (Lipinski definition) is 2. The van der Waals surface area contributed by atoms with Crippen molar-refractivity contribution in [1.82, 2.24) is 4.98 Å². The molecule has 61 valence electrons. The van der Waals surface area contributed by atoms with Crippen molar-refractivity contribution in [2.75, 3.05) is 0 Å². The van der Waals surface area contributed by atoms with E-state index >= 15 is 0 Å². The van der Waals surface area contributed by atoms with Gasteiger partial charge in [-0.2, -0.15) is 0 Å². The molecule has 1 radical (unpaired) electrons. The van der Waals surface area contributed by atoms with Gasteiger partial charge in [0, 0.05) is 0 Å². The fourth-order valence-corrected chi connectivity index (χ4v) is 1.19. The number of aromatic nitrogens is 1. The van der Waals surface area contributed by atoms with E-state index in [0.29, 0.717) is 5.92 Å². The number of rotatable bonds is 1. The minimum absolute atomic E-state index is 0.533. The van der Waals surface area contributed by atoms with Crippen LogP contribution in [-0.2, 0) is 0 Å². The van der Waals surface area contributed by atoms with Crippen molar-refractivity contribution in [3.8, 4) is 0 Å². The van der Waals surface area contributed by atoms with Crippen LogP contribution in [0.4, 0.5) is 0 Å². The van der Waals surface area contributed by atoms with Crippen LogP contribution in [0.25, 0.3) is 11.1 Å². The smallest absolute Gasteiger partial charge is 0.284 e. The van der Waals surface area contributed by atoms with Crippen LogP contribution < -0.4 is 0 Å². The van der Waals surface area contributed by atoms with Crippen LogP contribution in [0.2, 0.25) is 0 Å².